The predicted molar refractivity (Wildman–Crippen MR) is 78.9 cm³/mol. The quantitative estimate of drug-likeness (QED) is 0.320. The Bertz CT molecular complexity index is 255. The maximum absolute atomic E-state index is 9.60. The average Bonchev–Trinajstić information content (AvgIpc) is 2.43. The van der Waals surface area contributed by atoms with Crippen molar-refractivity contribution in [2.24, 2.45) is 9.98 Å². The Morgan fingerprint density at radius 2 is 1.00 bits per heavy atom. The normalized spacial score (nSPS) is 8.74. The van der Waals surface area contributed by atoms with Crippen molar-refractivity contribution in [3.63, 3.8) is 0 Å². The first kappa shape index (κ1) is 20.1. The Balaban J connectivity index is 0. The van der Waals surface area contributed by atoms with Crippen LogP contribution in [0.4, 0.5) is 0 Å². The summed E-state index contributed by atoms with van der Waals surface area (Å²) in [6, 6.07) is 0. The molecule has 0 aliphatic rings. The van der Waals surface area contributed by atoms with Gasteiger partial charge in [-0.05, 0) is 12.8 Å². The summed E-state index contributed by atoms with van der Waals surface area (Å²) in [6.07, 6.45) is 13.8. The van der Waals surface area contributed by atoms with Crippen molar-refractivity contribution in [1.29, 1.82) is 0 Å². The van der Waals surface area contributed by atoms with Crippen molar-refractivity contribution in [3.05, 3.63) is 0 Å². The minimum Gasteiger partial charge on any atom is -0.211 e. The molecule has 0 fully saturated rings. The van der Waals surface area contributed by atoms with Crippen LogP contribution in [-0.4, -0.2) is 25.2 Å². The second-order valence-corrected chi connectivity index (χ2v) is 4.42. The molecule has 0 saturated carbocycles. The van der Waals surface area contributed by atoms with Gasteiger partial charge >= 0.3 is 0 Å². The number of nitrogens with zero attached hydrogens (tertiary/aromatic N) is 2. The van der Waals surface area contributed by atoms with Gasteiger partial charge in [-0.3, -0.25) is 0 Å². The third-order valence-corrected chi connectivity index (χ3v) is 2.63. The lowest BCUT2D eigenvalue weighted by molar-refractivity contribution is 0.560. The first-order chi connectivity index (χ1) is 9.33. The molecule has 0 N–H and O–H groups in total. The molecule has 0 aliphatic carbocycles. The van der Waals surface area contributed by atoms with Crippen molar-refractivity contribution in [3.8, 4) is 0 Å². The molecule has 0 bridgehead atoms. The molecular weight excluding hydrogens is 240 g/mol. The molecule has 0 aromatic heterocycles. The number of rotatable bonds is 11. The molecule has 0 rings (SSSR count). The average molecular weight is 268 g/mol. The van der Waals surface area contributed by atoms with E-state index in [9.17, 15) is 9.59 Å². The van der Waals surface area contributed by atoms with E-state index in [1.165, 1.54) is 57.1 Å². The molecule has 0 radical (unpaired) electrons. The molecule has 0 spiro atoms. The predicted octanol–water partition coefficient (Wildman–Crippen LogP) is 4.20. The van der Waals surface area contributed by atoms with Crippen molar-refractivity contribution in [2.45, 2.75) is 71.6 Å². The van der Waals surface area contributed by atoms with E-state index < -0.39 is 0 Å². The highest BCUT2D eigenvalue weighted by Crippen LogP contribution is 2.01. The van der Waals surface area contributed by atoms with E-state index in [0.717, 1.165) is 12.8 Å². The summed E-state index contributed by atoms with van der Waals surface area (Å²) in [6.45, 7) is 5.66. The van der Waals surface area contributed by atoms with Crippen molar-refractivity contribution in [2.75, 3.05) is 13.1 Å². The first-order valence-electron chi connectivity index (χ1n) is 7.40. The molecule has 4 heteroatoms. The van der Waals surface area contributed by atoms with E-state index in [0.29, 0.717) is 13.1 Å². The molecule has 0 aromatic carbocycles. The third kappa shape index (κ3) is 26.4. The first-order valence-corrected chi connectivity index (χ1v) is 7.40. The van der Waals surface area contributed by atoms with Gasteiger partial charge in [0.15, 0.2) is 0 Å². The van der Waals surface area contributed by atoms with Crippen LogP contribution < -0.4 is 0 Å². The summed E-state index contributed by atoms with van der Waals surface area (Å²) in [7, 11) is 0. The van der Waals surface area contributed by atoms with E-state index in [4.69, 9.17) is 0 Å². The zero-order valence-electron chi connectivity index (χ0n) is 12.5. The highest BCUT2D eigenvalue weighted by molar-refractivity contribution is 5.32. The van der Waals surface area contributed by atoms with E-state index in [2.05, 4.69) is 23.8 Å². The van der Waals surface area contributed by atoms with E-state index in [1.54, 1.807) is 0 Å². The maximum atomic E-state index is 9.60. The lowest BCUT2D eigenvalue weighted by Crippen LogP contribution is -1.81. The Kier molecular flexibility index (Phi) is 23.2. The Hall–Kier alpha value is -1.24. The molecule has 0 amide bonds. The summed E-state index contributed by atoms with van der Waals surface area (Å²) in [5.74, 6) is 0. The second kappa shape index (κ2) is 22.0. The summed E-state index contributed by atoms with van der Waals surface area (Å²) in [5.41, 5.74) is 0. The van der Waals surface area contributed by atoms with Crippen molar-refractivity contribution in [1.82, 2.24) is 0 Å². The number of isocyanates is 2. The molecule has 0 heterocycles. The Labute approximate surface area is 117 Å². The molecular formula is C15H28N2O2. The fraction of sp³-hybridized carbons (Fsp3) is 0.867. The van der Waals surface area contributed by atoms with Crippen LogP contribution in [0.15, 0.2) is 9.98 Å². The molecule has 0 atom stereocenters. The number of hydrogen-bond acceptors (Lipinski definition) is 4. The van der Waals surface area contributed by atoms with Crippen molar-refractivity contribution < 1.29 is 9.59 Å². The smallest absolute Gasteiger partial charge is 0.211 e. The summed E-state index contributed by atoms with van der Waals surface area (Å²) < 4.78 is 0. The van der Waals surface area contributed by atoms with Gasteiger partial charge in [0.05, 0.1) is 13.1 Å². The number of aliphatic imine (C=N–C) groups is 2. The summed E-state index contributed by atoms with van der Waals surface area (Å²) in [5, 5.41) is 0. The maximum Gasteiger partial charge on any atom is 0.234 e. The minimum absolute atomic E-state index is 0.656. The Morgan fingerprint density at radius 1 is 0.632 bits per heavy atom. The Morgan fingerprint density at radius 3 is 1.37 bits per heavy atom. The largest absolute Gasteiger partial charge is 0.234 e. The zero-order valence-corrected chi connectivity index (χ0v) is 12.5. The monoisotopic (exact) mass is 268 g/mol. The van der Waals surface area contributed by atoms with Gasteiger partial charge in [0, 0.05) is 0 Å². The van der Waals surface area contributed by atoms with E-state index in [1.807, 2.05) is 0 Å². The van der Waals surface area contributed by atoms with E-state index >= 15 is 0 Å². The van der Waals surface area contributed by atoms with Crippen LogP contribution in [-0.2, 0) is 9.59 Å². The fourth-order valence-electron chi connectivity index (χ4n) is 1.50. The van der Waals surface area contributed by atoms with Gasteiger partial charge in [0.25, 0.3) is 0 Å². The fourth-order valence-corrected chi connectivity index (χ4v) is 1.50. The van der Waals surface area contributed by atoms with Gasteiger partial charge in [-0.1, -0.05) is 58.8 Å². The SMILES string of the molecule is CCCCCCCN=C=O.CCCCCCN=C=O. The van der Waals surface area contributed by atoms with Gasteiger partial charge in [-0.2, -0.15) is 0 Å². The molecule has 0 aliphatic heterocycles. The van der Waals surface area contributed by atoms with Gasteiger partial charge in [0.1, 0.15) is 0 Å². The molecule has 0 saturated heterocycles. The lowest BCUT2D eigenvalue weighted by Gasteiger charge is -1.93. The standard InChI is InChI=1S/C8H15NO.C7H13NO/c1-2-3-4-5-6-7-9-8-10;1-2-3-4-5-6-8-7-9/h2-7H2,1H3;2-6H2,1H3. The van der Waals surface area contributed by atoms with Crippen LogP contribution >= 0.6 is 0 Å². The van der Waals surface area contributed by atoms with Crippen LogP contribution in [0.25, 0.3) is 0 Å². The highest BCUT2D eigenvalue weighted by Gasteiger charge is 1.86. The highest BCUT2D eigenvalue weighted by atomic mass is 16.1. The molecule has 19 heavy (non-hydrogen) atoms. The van der Waals surface area contributed by atoms with Gasteiger partial charge in [-0.15, -0.1) is 0 Å². The van der Waals surface area contributed by atoms with Crippen LogP contribution in [0.1, 0.15) is 71.6 Å². The second-order valence-electron chi connectivity index (χ2n) is 4.42. The number of unbranched alkanes of at least 4 members (excludes halogenated alkanes) is 7. The number of carbonyl (C=O) groups excluding carboxylic acids is 2. The molecule has 4 nitrogen and oxygen atoms in total. The molecule has 110 valence electrons. The third-order valence-electron chi connectivity index (χ3n) is 2.63. The molecule has 0 unspecified atom stereocenters. The van der Waals surface area contributed by atoms with Crippen LogP contribution in [0.2, 0.25) is 0 Å². The summed E-state index contributed by atoms with van der Waals surface area (Å²) in [4.78, 5) is 26.0. The zero-order chi connectivity index (χ0) is 14.6. The van der Waals surface area contributed by atoms with Gasteiger partial charge in [-0.25, -0.2) is 19.6 Å². The topological polar surface area (TPSA) is 58.9 Å². The van der Waals surface area contributed by atoms with Crippen LogP contribution in [0.5, 0.6) is 0 Å². The van der Waals surface area contributed by atoms with Gasteiger partial charge in [0.2, 0.25) is 12.2 Å². The molecule has 0 aromatic rings. The van der Waals surface area contributed by atoms with E-state index in [-0.39, 0.29) is 0 Å². The minimum atomic E-state index is 0.656. The van der Waals surface area contributed by atoms with Crippen LogP contribution in [0.3, 0.4) is 0 Å². The summed E-state index contributed by atoms with van der Waals surface area (Å²) >= 11 is 0. The van der Waals surface area contributed by atoms with Gasteiger partial charge < -0.3 is 0 Å². The van der Waals surface area contributed by atoms with Crippen molar-refractivity contribution >= 4 is 12.2 Å². The van der Waals surface area contributed by atoms with Crippen LogP contribution in [0, 0.1) is 0 Å². The lowest BCUT2D eigenvalue weighted by atomic mass is 10.2. The number of hydrogen-bond donors (Lipinski definition) is 0.